The molecular weight excluding hydrogens is 332 g/mol. The number of nitrogens with one attached hydrogen (secondary N) is 1. The number of hydrogen-bond donors (Lipinski definition) is 1. The van der Waals surface area contributed by atoms with E-state index in [0.29, 0.717) is 16.7 Å². The lowest BCUT2D eigenvalue weighted by Crippen LogP contribution is -2.39. The number of amides is 1. The van der Waals surface area contributed by atoms with Crippen LogP contribution in [0.2, 0.25) is 0 Å². The molecule has 1 saturated carbocycles. The molecule has 26 heavy (non-hydrogen) atoms. The Hall–Kier alpha value is -2.57. The van der Waals surface area contributed by atoms with Gasteiger partial charge in [-0.25, -0.2) is 0 Å². The highest BCUT2D eigenvalue weighted by Crippen LogP contribution is 2.33. The van der Waals surface area contributed by atoms with E-state index in [1.165, 1.54) is 9.13 Å². The van der Waals surface area contributed by atoms with Gasteiger partial charge in [0.05, 0.1) is 22.4 Å². The molecule has 0 spiro atoms. The number of fused-ring (bicyclic) bond motifs is 1. The molecule has 140 valence electrons. The SMILES string of the molecule is CCN(CC)c1cc2c(cc1NC(=O)C1CCC1)n(C)c(=O)c(=O)n2C. The summed E-state index contributed by atoms with van der Waals surface area (Å²) in [5.74, 6) is 0.0954. The number of rotatable bonds is 5. The van der Waals surface area contributed by atoms with E-state index in [0.717, 1.165) is 38.0 Å². The number of carbonyl (C=O) groups is 1. The summed E-state index contributed by atoms with van der Waals surface area (Å²) in [6, 6.07) is 3.69. The molecule has 1 N–H and O–H groups in total. The molecule has 1 fully saturated rings. The summed E-state index contributed by atoms with van der Waals surface area (Å²) < 4.78 is 2.73. The van der Waals surface area contributed by atoms with Crippen LogP contribution in [0.4, 0.5) is 11.4 Å². The van der Waals surface area contributed by atoms with Crippen LogP contribution in [-0.2, 0) is 18.9 Å². The smallest absolute Gasteiger partial charge is 0.316 e. The molecule has 1 aromatic carbocycles. The monoisotopic (exact) mass is 358 g/mol. The van der Waals surface area contributed by atoms with Crippen molar-refractivity contribution in [3.63, 3.8) is 0 Å². The lowest BCUT2D eigenvalue weighted by molar-refractivity contribution is -0.122. The van der Waals surface area contributed by atoms with Gasteiger partial charge in [0.1, 0.15) is 0 Å². The molecule has 0 aliphatic heterocycles. The normalized spacial score (nSPS) is 14.3. The summed E-state index contributed by atoms with van der Waals surface area (Å²) in [6.45, 7) is 5.64. The maximum absolute atomic E-state index is 12.5. The molecule has 0 saturated heterocycles. The van der Waals surface area contributed by atoms with Crippen LogP contribution in [0.25, 0.3) is 11.0 Å². The van der Waals surface area contributed by atoms with Crippen molar-refractivity contribution in [2.24, 2.45) is 20.0 Å². The maximum Gasteiger partial charge on any atom is 0.316 e. The summed E-state index contributed by atoms with van der Waals surface area (Å²) in [7, 11) is 3.19. The summed E-state index contributed by atoms with van der Waals surface area (Å²) in [5.41, 5.74) is 1.71. The molecule has 0 bridgehead atoms. The Bertz CT molecular complexity index is 965. The van der Waals surface area contributed by atoms with Crippen LogP contribution in [0.3, 0.4) is 0 Å². The lowest BCUT2D eigenvalue weighted by Gasteiger charge is -2.28. The van der Waals surface area contributed by atoms with Gasteiger partial charge in [0.25, 0.3) is 0 Å². The number of aromatic nitrogens is 2. The molecule has 3 rings (SSSR count). The zero-order chi connectivity index (χ0) is 19.0. The fraction of sp³-hybridized carbons (Fsp3) is 0.526. The fourth-order valence-corrected chi connectivity index (χ4v) is 3.44. The Morgan fingerprint density at radius 3 is 2.08 bits per heavy atom. The number of anilines is 2. The first-order chi connectivity index (χ1) is 12.4. The van der Waals surface area contributed by atoms with Crippen molar-refractivity contribution in [1.29, 1.82) is 0 Å². The van der Waals surface area contributed by atoms with Crippen LogP contribution in [0.5, 0.6) is 0 Å². The van der Waals surface area contributed by atoms with Gasteiger partial charge in [-0.1, -0.05) is 6.42 Å². The van der Waals surface area contributed by atoms with Crippen LogP contribution in [0.1, 0.15) is 33.1 Å². The van der Waals surface area contributed by atoms with E-state index in [1.54, 1.807) is 20.2 Å². The molecule has 1 amide bonds. The predicted octanol–water partition coefficient (Wildman–Crippen LogP) is 1.82. The van der Waals surface area contributed by atoms with Gasteiger partial charge in [-0.05, 0) is 38.8 Å². The largest absolute Gasteiger partial charge is 0.370 e. The van der Waals surface area contributed by atoms with Gasteiger partial charge in [0, 0.05) is 33.1 Å². The molecule has 7 nitrogen and oxygen atoms in total. The van der Waals surface area contributed by atoms with Crippen LogP contribution >= 0.6 is 0 Å². The minimum absolute atomic E-state index is 0.0267. The number of hydrogen-bond acceptors (Lipinski definition) is 4. The zero-order valence-corrected chi connectivity index (χ0v) is 15.8. The highest BCUT2D eigenvalue weighted by Gasteiger charge is 2.26. The van der Waals surface area contributed by atoms with Crippen molar-refractivity contribution in [3.05, 3.63) is 32.8 Å². The quantitative estimate of drug-likeness (QED) is 0.827. The first-order valence-corrected chi connectivity index (χ1v) is 9.18. The molecule has 7 heteroatoms. The second-order valence-electron chi connectivity index (χ2n) is 6.88. The highest BCUT2D eigenvalue weighted by molar-refractivity contribution is 5.99. The molecule has 0 radical (unpaired) electrons. The summed E-state index contributed by atoms with van der Waals surface area (Å²) in [4.78, 5) is 39.0. The van der Waals surface area contributed by atoms with Crippen molar-refractivity contribution in [2.75, 3.05) is 23.3 Å². The van der Waals surface area contributed by atoms with Crippen LogP contribution in [0.15, 0.2) is 21.7 Å². The Balaban J connectivity index is 2.22. The van der Waals surface area contributed by atoms with E-state index >= 15 is 0 Å². The topological polar surface area (TPSA) is 76.3 Å². The third kappa shape index (κ3) is 2.91. The van der Waals surface area contributed by atoms with Crippen LogP contribution in [-0.4, -0.2) is 28.1 Å². The number of nitrogens with zero attached hydrogens (tertiary/aromatic N) is 3. The minimum atomic E-state index is -0.577. The van der Waals surface area contributed by atoms with Gasteiger partial charge < -0.3 is 19.4 Å². The molecule has 2 aromatic rings. The van der Waals surface area contributed by atoms with Gasteiger partial charge in [-0.2, -0.15) is 0 Å². The van der Waals surface area contributed by atoms with Crippen molar-refractivity contribution < 1.29 is 4.79 Å². The first kappa shape index (κ1) is 18.2. The van der Waals surface area contributed by atoms with E-state index in [1.807, 2.05) is 19.9 Å². The fourth-order valence-electron chi connectivity index (χ4n) is 3.44. The van der Waals surface area contributed by atoms with E-state index in [4.69, 9.17) is 0 Å². The molecule has 1 aliphatic carbocycles. The van der Waals surface area contributed by atoms with E-state index in [2.05, 4.69) is 10.2 Å². The molecule has 1 heterocycles. The van der Waals surface area contributed by atoms with Gasteiger partial charge in [-0.15, -0.1) is 0 Å². The zero-order valence-electron chi connectivity index (χ0n) is 15.8. The van der Waals surface area contributed by atoms with Gasteiger partial charge in [-0.3, -0.25) is 14.4 Å². The van der Waals surface area contributed by atoms with Gasteiger partial charge in [0.2, 0.25) is 5.91 Å². The van der Waals surface area contributed by atoms with Gasteiger partial charge in [0.15, 0.2) is 0 Å². The first-order valence-electron chi connectivity index (χ1n) is 9.18. The third-order valence-corrected chi connectivity index (χ3v) is 5.45. The standard InChI is InChI=1S/C19H26N4O3/c1-5-23(6-2)14-11-16-15(21(3)18(25)19(26)22(16)4)10-13(14)20-17(24)12-8-7-9-12/h10-12H,5-9H2,1-4H3,(H,20,24). The van der Waals surface area contributed by atoms with Crippen molar-refractivity contribution in [1.82, 2.24) is 9.13 Å². The molecule has 1 aromatic heterocycles. The van der Waals surface area contributed by atoms with Crippen molar-refractivity contribution >= 4 is 28.3 Å². The lowest BCUT2D eigenvalue weighted by atomic mass is 9.85. The van der Waals surface area contributed by atoms with E-state index in [9.17, 15) is 14.4 Å². The Labute approximate surface area is 152 Å². The number of benzene rings is 1. The Morgan fingerprint density at radius 1 is 1.08 bits per heavy atom. The highest BCUT2D eigenvalue weighted by atomic mass is 16.2. The van der Waals surface area contributed by atoms with E-state index < -0.39 is 11.1 Å². The Morgan fingerprint density at radius 2 is 1.62 bits per heavy atom. The second-order valence-corrected chi connectivity index (χ2v) is 6.88. The molecule has 0 unspecified atom stereocenters. The number of carbonyl (C=O) groups excluding carboxylic acids is 1. The minimum Gasteiger partial charge on any atom is -0.370 e. The summed E-state index contributed by atoms with van der Waals surface area (Å²) >= 11 is 0. The average Bonchev–Trinajstić information content (AvgIpc) is 2.58. The average molecular weight is 358 g/mol. The van der Waals surface area contributed by atoms with Crippen molar-refractivity contribution in [2.45, 2.75) is 33.1 Å². The summed E-state index contributed by atoms with van der Waals surface area (Å²) in [5, 5.41) is 3.05. The number of aryl methyl sites for hydroxylation is 2. The van der Waals surface area contributed by atoms with Gasteiger partial charge >= 0.3 is 11.1 Å². The van der Waals surface area contributed by atoms with Crippen molar-refractivity contribution in [3.8, 4) is 0 Å². The Kier molecular flexibility index (Phi) is 4.89. The van der Waals surface area contributed by atoms with Crippen LogP contribution < -0.4 is 21.3 Å². The summed E-state index contributed by atoms with van der Waals surface area (Å²) in [6.07, 6.45) is 2.94. The molecule has 0 atom stereocenters. The third-order valence-electron chi connectivity index (χ3n) is 5.45. The van der Waals surface area contributed by atoms with Crippen LogP contribution in [0, 0.1) is 5.92 Å². The molecule has 1 aliphatic rings. The predicted molar refractivity (Wildman–Crippen MR) is 104 cm³/mol. The second kappa shape index (κ2) is 6.97. The van der Waals surface area contributed by atoms with E-state index in [-0.39, 0.29) is 11.8 Å². The maximum atomic E-state index is 12.5. The molecular formula is C19H26N4O3.